The van der Waals surface area contributed by atoms with E-state index in [1.807, 2.05) is 17.7 Å². The van der Waals surface area contributed by atoms with Crippen LogP contribution in [0.25, 0.3) is 0 Å². The van der Waals surface area contributed by atoms with Crippen LogP contribution in [0, 0.1) is 0 Å². The summed E-state index contributed by atoms with van der Waals surface area (Å²) in [7, 11) is 3.19. The zero-order valence-corrected chi connectivity index (χ0v) is 10.1. The zero-order chi connectivity index (χ0) is 12.6. The Kier molecular flexibility index (Phi) is 2.97. The highest BCUT2D eigenvalue weighted by atomic mass is 16.5. The Morgan fingerprint density at radius 3 is 2.76 bits per heavy atom. The fourth-order valence-corrected chi connectivity index (χ4v) is 2.68. The van der Waals surface area contributed by atoms with Gasteiger partial charge in [0.05, 0.1) is 13.2 Å². The molecule has 17 heavy (non-hydrogen) atoms. The molecule has 5 nitrogen and oxygen atoms in total. The average molecular weight is 238 g/mol. The molecule has 5 heteroatoms. The van der Waals surface area contributed by atoms with Crippen LogP contribution >= 0.6 is 0 Å². The van der Waals surface area contributed by atoms with Gasteiger partial charge in [0, 0.05) is 24.7 Å². The molecule has 1 heterocycles. The van der Waals surface area contributed by atoms with E-state index in [2.05, 4.69) is 0 Å². The minimum atomic E-state index is -0.356. The Labute approximate surface area is 100 Å². The molecule has 2 rings (SSSR count). The summed E-state index contributed by atoms with van der Waals surface area (Å²) in [6.45, 7) is 0.475. The molecule has 0 bridgehead atoms. The van der Waals surface area contributed by atoms with Crippen molar-refractivity contribution in [3.05, 3.63) is 23.5 Å². The Balaban J connectivity index is 2.34. The Hall–Kier alpha value is -1.33. The van der Waals surface area contributed by atoms with Gasteiger partial charge in [0.25, 0.3) is 0 Å². The predicted molar refractivity (Wildman–Crippen MR) is 62.7 cm³/mol. The van der Waals surface area contributed by atoms with E-state index in [4.69, 9.17) is 10.5 Å². The van der Waals surface area contributed by atoms with E-state index in [0.29, 0.717) is 25.1 Å². The molecular weight excluding hydrogens is 220 g/mol. The SMILES string of the molecule is COC(=O)c1ccc(C2(CN)CC(O)C2)n1C. The summed E-state index contributed by atoms with van der Waals surface area (Å²) < 4.78 is 6.52. The fraction of sp³-hybridized carbons (Fsp3) is 0.583. The minimum absolute atomic E-state index is 0.194. The minimum Gasteiger partial charge on any atom is -0.464 e. The van der Waals surface area contributed by atoms with E-state index in [0.717, 1.165) is 5.69 Å². The monoisotopic (exact) mass is 238 g/mol. The van der Waals surface area contributed by atoms with Crippen molar-refractivity contribution in [3.8, 4) is 0 Å². The number of aromatic nitrogens is 1. The van der Waals surface area contributed by atoms with Crippen LogP contribution in [0.2, 0.25) is 0 Å². The van der Waals surface area contributed by atoms with Crippen molar-refractivity contribution in [2.75, 3.05) is 13.7 Å². The third kappa shape index (κ3) is 1.75. The summed E-state index contributed by atoms with van der Waals surface area (Å²) in [6.07, 6.45) is 1.03. The van der Waals surface area contributed by atoms with Gasteiger partial charge in [0.1, 0.15) is 5.69 Å². The zero-order valence-electron chi connectivity index (χ0n) is 10.1. The highest BCUT2D eigenvalue weighted by Gasteiger charge is 2.45. The van der Waals surface area contributed by atoms with E-state index in [1.165, 1.54) is 7.11 Å². The van der Waals surface area contributed by atoms with Crippen molar-refractivity contribution in [3.63, 3.8) is 0 Å². The number of nitrogens with two attached hydrogens (primary N) is 1. The third-order valence-corrected chi connectivity index (χ3v) is 3.70. The molecule has 0 amide bonds. The molecular formula is C12H18N2O3. The van der Waals surface area contributed by atoms with Crippen LogP contribution in [0.4, 0.5) is 0 Å². The third-order valence-electron chi connectivity index (χ3n) is 3.70. The van der Waals surface area contributed by atoms with Gasteiger partial charge < -0.3 is 20.1 Å². The molecule has 1 fully saturated rings. The summed E-state index contributed by atoms with van der Waals surface area (Å²) in [5.74, 6) is -0.356. The number of hydrogen-bond donors (Lipinski definition) is 2. The van der Waals surface area contributed by atoms with Crippen molar-refractivity contribution >= 4 is 5.97 Å². The maximum absolute atomic E-state index is 11.5. The molecule has 1 aliphatic carbocycles. The quantitative estimate of drug-likeness (QED) is 0.735. The topological polar surface area (TPSA) is 77.5 Å². The van der Waals surface area contributed by atoms with Gasteiger partial charge in [-0.3, -0.25) is 0 Å². The van der Waals surface area contributed by atoms with Crippen molar-refractivity contribution < 1.29 is 14.6 Å². The second-order valence-corrected chi connectivity index (χ2v) is 4.70. The largest absolute Gasteiger partial charge is 0.464 e. The number of rotatable bonds is 3. The van der Waals surface area contributed by atoms with E-state index >= 15 is 0 Å². The Bertz CT molecular complexity index is 433. The maximum atomic E-state index is 11.5. The number of carbonyl (C=O) groups excluding carboxylic acids is 1. The summed E-state index contributed by atoms with van der Waals surface area (Å²) in [6, 6.07) is 3.63. The lowest BCUT2D eigenvalue weighted by Gasteiger charge is -2.45. The summed E-state index contributed by atoms with van der Waals surface area (Å²) in [5, 5.41) is 9.47. The van der Waals surface area contributed by atoms with Crippen LogP contribution in [0.1, 0.15) is 29.0 Å². The molecule has 0 aromatic carbocycles. The van der Waals surface area contributed by atoms with E-state index in [-0.39, 0.29) is 17.5 Å². The van der Waals surface area contributed by atoms with Crippen molar-refractivity contribution in [2.45, 2.75) is 24.4 Å². The van der Waals surface area contributed by atoms with Gasteiger partial charge in [0.2, 0.25) is 0 Å². The molecule has 0 radical (unpaired) electrons. The Morgan fingerprint density at radius 2 is 2.29 bits per heavy atom. The lowest BCUT2D eigenvalue weighted by atomic mass is 9.64. The molecule has 3 N–H and O–H groups in total. The normalized spacial score (nSPS) is 27.6. The van der Waals surface area contributed by atoms with Crippen LogP contribution in [-0.2, 0) is 17.2 Å². The fourth-order valence-electron chi connectivity index (χ4n) is 2.68. The number of carbonyl (C=O) groups is 1. The average Bonchev–Trinajstić information content (AvgIpc) is 2.66. The smallest absolute Gasteiger partial charge is 0.354 e. The first-order valence-corrected chi connectivity index (χ1v) is 5.67. The first-order chi connectivity index (χ1) is 8.04. The number of aliphatic hydroxyl groups excluding tert-OH is 1. The first-order valence-electron chi connectivity index (χ1n) is 5.67. The van der Waals surface area contributed by atoms with Gasteiger partial charge >= 0.3 is 5.97 Å². The summed E-state index contributed by atoms with van der Waals surface area (Å²) in [4.78, 5) is 11.5. The van der Waals surface area contributed by atoms with Gasteiger partial charge in [-0.2, -0.15) is 0 Å². The number of methoxy groups -OCH3 is 1. The van der Waals surface area contributed by atoms with Crippen molar-refractivity contribution in [1.82, 2.24) is 4.57 Å². The van der Waals surface area contributed by atoms with Gasteiger partial charge in [-0.15, -0.1) is 0 Å². The number of nitrogens with zero attached hydrogens (tertiary/aromatic N) is 1. The molecule has 0 aliphatic heterocycles. The number of esters is 1. The van der Waals surface area contributed by atoms with E-state index in [9.17, 15) is 9.90 Å². The standard InChI is InChI=1S/C12H18N2O3/c1-14-9(11(16)17-2)3-4-10(14)12(7-13)5-8(15)6-12/h3-4,8,15H,5-7,13H2,1-2H3. The molecule has 94 valence electrons. The lowest BCUT2D eigenvalue weighted by molar-refractivity contribution is 0.0186. The second kappa shape index (κ2) is 4.16. The maximum Gasteiger partial charge on any atom is 0.354 e. The number of hydrogen-bond acceptors (Lipinski definition) is 4. The van der Waals surface area contributed by atoms with Crippen molar-refractivity contribution in [1.29, 1.82) is 0 Å². The van der Waals surface area contributed by atoms with Crippen LogP contribution < -0.4 is 5.73 Å². The van der Waals surface area contributed by atoms with Crippen LogP contribution in [-0.4, -0.2) is 35.4 Å². The Morgan fingerprint density at radius 1 is 1.65 bits per heavy atom. The molecule has 1 aromatic heterocycles. The van der Waals surface area contributed by atoms with Gasteiger partial charge in [0.15, 0.2) is 0 Å². The highest BCUT2D eigenvalue weighted by molar-refractivity contribution is 5.87. The summed E-state index contributed by atoms with van der Waals surface area (Å²) in [5.41, 5.74) is 7.12. The highest BCUT2D eigenvalue weighted by Crippen LogP contribution is 2.43. The first kappa shape index (κ1) is 12.1. The molecule has 1 aliphatic rings. The molecule has 0 atom stereocenters. The number of ether oxygens (including phenoxy) is 1. The lowest BCUT2D eigenvalue weighted by Crippen LogP contribution is -2.50. The van der Waals surface area contributed by atoms with Crippen LogP contribution in [0.5, 0.6) is 0 Å². The van der Waals surface area contributed by atoms with E-state index in [1.54, 1.807) is 6.07 Å². The second-order valence-electron chi connectivity index (χ2n) is 4.70. The predicted octanol–water partition coefficient (Wildman–Crippen LogP) is 0.163. The summed E-state index contributed by atoms with van der Waals surface area (Å²) >= 11 is 0. The number of aliphatic hydroxyl groups is 1. The molecule has 0 spiro atoms. The van der Waals surface area contributed by atoms with Gasteiger partial charge in [-0.25, -0.2) is 4.79 Å². The van der Waals surface area contributed by atoms with Crippen molar-refractivity contribution in [2.24, 2.45) is 12.8 Å². The molecule has 0 saturated heterocycles. The van der Waals surface area contributed by atoms with Crippen LogP contribution in [0.15, 0.2) is 12.1 Å². The van der Waals surface area contributed by atoms with E-state index < -0.39 is 0 Å². The van der Waals surface area contributed by atoms with Gasteiger partial charge in [-0.05, 0) is 25.0 Å². The molecule has 1 aromatic rings. The molecule has 0 unspecified atom stereocenters. The van der Waals surface area contributed by atoms with Gasteiger partial charge in [-0.1, -0.05) is 0 Å². The van der Waals surface area contributed by atoms with Crippen LogP contribution in [0.3, 0.4) is 0 Å². The molecule has 1 saturated carbocycles.